The third kappa shape index (κ3) is 4.85. The van der Waals surface area contributed by atoms with Crippen LogP contribution in [0.15, 0.2) is 47.5 Å². The first-order valence-electron chi connectivity index (χ1n) is 8.10. The molecule has 0 fully saturated rings. The van der Waals surface area contributed by atoms with Gasteiger partial charge in [-0.1, -0.05) is 23.5 Å². The van der Waals surface area contributed by atoms with Gasteiger partial charge in [-0.25, -0.2) is 4.99 Å². The van der Waals surface area contributed by atoms with Gasteiger partial charge < -0.3 is 9.84 Å². The van der Waals surface area contributed by atoms with Crippen LogP contribution in [-0.2, 0) is 6.42 Å². The van der Waals surface area contributed by atoms with Crippen molar-refractivity contribution in [3.05, 3.63) is 68.7 Å². The van der Waals surface area contributed by atoms with Crippen LogP contribution in [0.5, 0.6) is 11.5 Å². The van der Waals surface area contributed by atoms with Gasteiger partial charge in [0.25, 0.3) is 5.69 Å². The van der Waals surface area contributed by atoms with E-state index in [2.05, 4.69) is 15.2 Å². The Morgan fingerprint density at radius 2 is 2.04 bits per heavy atom. The molecule has 138 valence electrons. The molecule has 3 rings (SSSR count). The number of rotatable bonds is 7. The molecule has 1 aromatic heterocycles. The minimum Gasteiger partial charge on any atom is -0.504 e. The van der Waals surface area contributed by atoms with Gasteiger partial charge in [-0.05, 0) is 36.2 Å². The minimum atomic E-state index is -0.429. The van der Waals surface area contributed by atoms with Gasteiger partial charge >= 0.3 is 0 Å². The highest BCUT2D eigenvalue weighted by atomic mass is 32.1. The highest BCUT2D eigenvalue weighted by molar-refractivity contribution is 7.15. The molecule has 0 aliphatic rings. The number of non-ortho nitro benzene ring substituents is 1. The number of nitrogens with zero attached hydrogens (tertiary/aromatic N) is 4. The van der Waals surface area contributed by atoms with Crippen LogP contribution in [0.2, 0.25) is 0 Å². The van der Waals surface area contributed by atoms with Crippen molar-refractivity contribution in [2.24, 2.45) is 4.99 Å². The summed E-state index contributed by atoms with van der Waals surface area (Å²) in [6.45, 7) is 2.30. The van der Waals surface area contributed by atoms with Gasteiger partial charge in [-0.3, -0.25) is 10.1 Å². The molecule has 0 aliphatic carbocycles. The summed E-state index contributed by atoms with van der Waals surface area (Å²) in [5, 5.41) is 29.8. The number of aliphatic imine (C=N–C) groups is 1. The third-order valence-corrected chi connectivity index (χ3v) is 4.40. The third-order valence-electron chi connectivity index (χ3n) is 3.57. The number of hydrogen-bond donors (Lipinski definition) is 1. The maximum atomic E-state index is 10.7. The van der Waals surface area contributed by atoms with Crippen molar-refractivity contribution in [3.8, 4) is 11.5 Å². The highest BCUT2D eigenvalue weighted by Crippen LogP contribution is 2.27. The van der Waals surface area contributed by atoms with Crippen molar-refractivity contribution in [2.75, 3.05) is 6.61 Å². The number of ether oxygens (including phenoxy) is 1. The number of hydrogen-bond acceptors (Lipinski definition) is 8. The molecule has 0 saturated heterocycles. The second-order valence-electron chi connectivity index (χ2n) is 5.50. The lowest BCUT2D eigenvalue weighted by molar-refractivity contribution is -0.384. The molecule has 0 unspecified atom stereocenters. The summed E-state index contributed by atoms with van der Waals surface area (Å²) in [5.74, 6) is 0.480. The molecule has 1 N–H and O–H groups in total. The average Bonchev–Trinajstić information content (AvgIpc) is 3.10. The van der Waals surface area contributed by atoms with Crippen LogP contribution >= 0.6 is 11.3 Å². The van der Waals surface area contributed by atoms with Gasteiger partial charge in [0.1, 0.15) is 5.01 Å². The van der Waals surface area contributed by atoms with E-state index < -0.39 is 4.92 Å². The van der Waals surface area contributed by atoms with E-state index >= 15 is 0 Å². The first-order valence-corrected chi connectivity index (χ1v) is 8.92. The molecule has 0 amide bonds. The topological polar surface area (TPSA) is 111 Å². The summed E-state index contributed by atoms with van der Waals surface area (Å²) in [5.41, 5.74) is 1.73. The molecular formula is C18H16N4O4S. The second kappa shape index (κ2) is 8.37. The summed E-state index contributed by atoms with van der Waals surface area (Å²) < 4.78 is 5.34. The molecule has 27 heavy (non-hydrogen) atoms. The summed E-state index contributed by atoms with van der Waals surface area (Å²) >= 11 is 1.34. The zero-order valence-electron chi connectivity index (χ0n) is 14.4. The Morgan fingerprint density at radius 3 is 2.74 bits per heavy atom. The van der Waals surface area contributed by atoms with E-state index in [9.17, 15) is 15.2 Å². The number of phenols is 1. The van der Waals surface area contributed by atoms with Gasteiger partial charge in [0.2, 0.25) is 5.13 Å². The first-order chi connectivity index (χ1) is 13.0. The van der Waals surface area contributed by atoms with E-state index in [1.54, 1.807) is 36.5 Å². The van der Waals surface area contributed by atoms with Crippen LogP contribution in [-0.4, -0.2) is 33.0 Å². The second-order valence-corrected chi connectivity index (χ2v) is 6.54. The molecule has 0 atom stereocenters. The van der Waals surface area contributed by atoms with Crippen LogP contribution in [0.4, 0.5) is 10.8 Å². The number of benzene rings is 2. The fraction of sp³-hybridized carbons (Fsp3) is 0.167. The zero-order valence-corrected chi connectivity index (χ0v) is 15.2. The quantitative estimate of drug-likeness (QED) is 0.376. The maximum absolute atomic E-state index is 10.7. The predicted molar refractivity (Wildman–Crippen MR) is 102 cm³/mol. The van der Waals surface area contributed by atoms with E-state index in [4.69, 9.17) is 4.74 Å². The smallest absolute Gasteiger partial charge is 0.269 e. The van der Waals surface area contributed by atoms with Crippen molar-refractivity contribution >= 4 is 28.4 Å². The fourth-order valence-electron chi connectivity index (χ4n) is 2.29. The van der Waals surface area contributed by atoms with E-state index in [0.717, 1.165) is 16.1 Å². The Kier molecular flexibility index (Phi) is 5.72. The van der Waals surface area contributed by atoms with Gasteiger partial charge in [-0.15, -0.1) is 10.2 Å². The van der Waals surface area contributed by atoms with E-state index in [1.165, 1.54) is 23.5 Å². The lowest BCUT2D eigenvalue weighted by Gasteiger charge is -2.05. The van der Waals surface area contributed by atoms with Crippen LogP contribution in [0, 0.1) is 10.1 Å². The SMILES string of the molecule is CCOc1cc(/C=N/c2nnc(Cc3ccc([N+](=O)[O-])cc3)s2)ccc1O. The Hall–Kier alpha value is -3.33. The van der Waals surface area contributed by atoms with Gasteiger partial charge in [0.05, 0.1) is 11.5 Å². The molecule has 0 spiro atoms. The fourth-order valence-corrected chi connectivity index (χ4v) is 3.01. The number of nitro benzene ring substituents is 1. The van der Waals surface area contributed by atoms with Gasteiger partial charge in [0, 0.05) is 24.8 Å². The van der Waals surface area contributed by atoms with Crippen LogP contribution in [0.1, 0.15) is 23.1 Å². The molecule has 2 aromatic carbocycles. The molecule has 0 aliphatic heterocycles. The Balaban J connectivity index is 1.68. The average molecular weight is 384 g/mol. The van der Waals surface area contributed by atoms with E-state index in [0.29, 0.717) is 23.9 Å². The lowest BCUT2D eigenvalue weighted by atomic mass is 10.1. The predicted octanol–water partition coefficient (Wildman–Crippen LogP) is 3.89. The summed E-state index contributed by atoms with van der Waals surface area (Å²) in [6, 6.07) is 11.3. The largest absolute Gasteiger partial charge is 0.504 e. The monoisotopic (exact) mass is 384 g/mol. The molecule has 3 aromatic rings. The van der Waals surface area contributed by atoms with Gasteiger partial charge in [-0.2, -0.15) is 0 Å². The molecular weight excluding hydrogens is 368 g/mol. The minimum absolute atomic E-state index is 0.0571. The van der Waals surface area contributed by atoms with Gasteiger partial charge in [0.15, 0.2) is 11.5 Å². The van der Waals surface area contributed by atoms with Crippen LogP contribution in [0.25, 0.3) is 0 Å². The number of aromatic nitrogens is 2. The number of phenolic OH excluding ortho intramolecular Hbond substituents is 1. The molecule has 1 heterocycles. The first kappa shape index (κ1) is 18.5. The van der Waals surface area contributed by atoms with Crippen molar-refractivity contribution in [3.63, 3.8) is 0 Å². The molecule has 0 saturated carbocycles. The molecule has 9 heteroatoms. The van der Waals surface area contributed by atoms with Crippen LogP contribution in [0.3, 0.4) is 0 Å². The molecule has 8 nitrogen and oxygen atoms in total. The van der Waals surface area contributed by atoms with E-state index in [-0.39, 0.29) is 11.4 Å². The van der Waals surface area contributed by atoms with Crippen molar-refractivity contribution in [1.82, 2.24) is 10.2 Å². The Labute approximate surface area is 159 Å². The van der Waals surface area contributed by atoms with Crippen molar-refractivity contribution in [1.29, 1.82) is 0 Å². The molecule has 0 radical (unpaired) electrons. The van der Waals surface area contributed by atoms with Crippen molar-refractivity contribution < 1.29 is 14.8 Å². The lowest BCUT2D eigenvalue weighted by Crippen LogP contribution is -1.93. The Bertz CT molecular complexity index is 970. The number of nitro groups is 1. The zero-order chi connectivity index (χ0) is 19.2. The maximum Gasteiger partial charge on any atom is 0.269 e. The normalized spacial score (nSPS) is 11.0. The standard InChI is InChI=1S/C18H16N4O4S/c1-2-26-16-9-13(5-8-15(16)23)11-19-18-21-20-17(27-18)10-12-3-6-14(7-4-12)22(24)25/h3-9,11,23H,2,10H2,1H3/b19-11+. The molecule has 0 bridgehead atoms. The number of aromatic hydroxyl groups is 1. The summed E-state index contributed by atoms with van der Waals surface area (Å²) in [6.07, 6.45) is 2.15. The van der Waals surface area contributed by atoms with Crippen molar-refractivity contribution in [2.45, 2.75) is 13.3 Å². The summed E-state index contributed by atoms with van der Waals surface area (Å²) in [4.78, 5) is 14.6. The summed E-state index contributed by atoms with van der Waals surface area (Å²) in [7, 11) is 0. The Morgan fingerprint density at radius 1 is 1.26 bits per heavy atom. The highest BCUT2D eigenvalue weighted by Gasteiger charge is 2.08. The van der Waals surface area contributed by atoms with Crippen LogP contribution < -0.4 is 4.74 Å². The van der Waals surface area contributed by atoms with E-state index in [1.807, 2.05) is 6.92 Å².